The Morgan fingerprint density at radius 1 is 1.38 bits per heavy atom. The number of ether oxygens (including phenoxy) is 1. The van der Waals surface area contributed by atoms with Crippen LogP contribution in [-0.2, 0) is 18.3 Å². The SMILES string of the molecule is Cc1cc(CN(CCN2CCOCC2)C(=O)c2ccoc2)n(C)n1. The topological polar surface area (TPSA) is 63.7 Å². The molecule has 7 nitrogen and oxygen atoms in total. The van der Waals surface area contributed by atoms with E-state index in [1.54, 1.807) is 6.07 Å². The largest absolute Gasteiger partial charge is 0.472 e. The summed E-state index contributed by atoms with van der Waals surface area (Å²) in [4.78, 5) is 17.0. The molecule has 0 aliphatic carbocycles. The van der Waals surface area contributed by atoms with Crippen molar-refractivity contribution in [2.24, 2.45) is 7.05 Å². The average molecular weight is 332 g/mol. The van der Waals surface area contributed by atoms with Crippen LogP contribution in [0, 0.1) is 6.92 Å². The Kier molecular flexibility index (Phi) is 5.32. The van der Waals surface area contributed by atoms with Gasteiger partial charge in [-0.05, 0) is 19.1 Å². The monoisotopic (exact) mass is 332 g/mol. The van der Waals surface area contributed by atoms with Crippen molar-refractivity contribution in [1.82, 2.24) is 19.6 Å². The van der Waals surface area contributed by atoms with Gasteiger partial charge in [-0.3, -0.25) is 14.4 Å². The number of hydrogen-bond acceptors (Lipinski definition) is 5. The molecule has 1 amide bonds. The molecule has 1 fully saturated rings. The first-order valence-corrected chi connectivity index (χ1v) is 8.24. The molecule has 0 N–H and O–H groups in total. The maximum Gasteiger partial charge on any atom is 0.257 e. The zero-order chi connectivity index (χ0) is 16.9. The molecule has 0 radical (unpaired) electrons. The summed E-state index contributed by atoms with van der Waals surface area (Å²) in [6.45, 7) is 7.34. The third-order valence-electron chi connectivity index (χ3n) is 4.30. The highest BCUT2D eigenvalue weighted by Crippen LogP contribution is 2.12. The fourth-order valence-corrected chi connectivity index (χ4v) is 2.92. The summed E-state index contributed by atoms with van der Waals surface area (Å²) < 4.78 is 12.3. The third kappa shape index (κ3) is 4.04. The van der Waals surface area contributed by atoms with Crippen LogP contribution in [-0.4, -0.2) is 64.9 Å². The minimum absolute atomic E-state index is 0.0177. The van der Waals surface area contributed by atoms with E-state index in [4.69, 9.17) is 9.15 Å². The van der Waals surface area contributed by atoms with Gasteiger partial charge in [0.25, 0.3) is 5.91 Å². The lowest BCUT2D eigenvalue weighted by atomic mass is 10.2. The molecule has 0 atom stereocenters. The second-order valence-corrected chi connectivity index (χ2v) is 6.09. The molecule has 1 aliphatic rings. The maximum absolute atomic E-state index is 12.8. The number of rotatable bonds is 6. The molecule has 0 spiro atoms. The third-order valence-corrected chi connectivity index (χ3v) is 4.30. The molecular formula is C17H24N4O3. The second-order valence-electron chi connectivity index (χ2n) is 6.09. The maximum atomic E-state index is 12.8. The van der Waals surface area contributed by atoms with Crippen LogP contribution in [0.15, 0.2) is 29.1 Å². The Hall–Kier alpha value is -2.12. The van der Waals surface area contributed by atoms with Crippen molar-refractivity contribution in [3.05, 3.63) is 41.6 Å². The van der Waals surface area contributed by atoms with Gasteiger partial charge in [0.15, 0.2) is 0 Å². The van der Waals surface area contributed by atoms with Gasteiger partial charge in [0.1, 0.15) is 6.26 Å². The van der Waals surface area contributed by atoms with Crippen LogP contribution < -0.4 is 0 Å². The van der Waals surface area contributed by atoms with Crippen molar-refractivity contribution in [2.45, 2.75) is 13.5 Å². The average Bonchev–Trinajstić information content (AvgIpc) is 3.22. The van der Waals surface area contributed by atoms with E-state index in [0.717, 1.165) is 44.2 Å². The van der Waals surface area contributed by atoms with Gasteiger partial charge in [0.2, 0.25) is 0 Å². The van der Waals surface area contributed by atoms with E-state index >= 15 is 0 Å². The lowest BCUT2D eigenvalue weighted by molar-refractivity contribution is 0.0319. The summed E-state index contributed by atoms with van der Waals surface area (Å²) in [5.74, 6) is -0.0177. The van der Waals surface area contributed by atoms with Gasteiger partial charge < -0.3 is 14.1 Å². The second kappa shape index (κ2) is 7.63. The molecule has 0 unspecified atom stereocenters. The van der Waals surface area contributed by atoms with E-state index in [9.17, 15) is 4.79 Å². The lowest BCUT2D eigenvalue weighted by Gasteiger charge is -2.30. The smallest absolute Gasteiger partial charge is 0.257 e. The Balaban J connectivity index is 1.70. The van der Waals surface area contributed by atoms with E-state index in [1.165, 1.54) is 12.5 Å². The lowest BCUT2D eigenvalue weighted by Crippen LogP contribution is -2.43. The molecule has 24 heavy (non-hydrogen) atoms. The number of nitrogens with zero attached hydrogens (tertiary/aromatic N) is 4. The fourth-order valence-electron chi connectivity index (χ4n) is 2.92. The zero-order valence-electron chi connectivity index (χ0n) is 14.3. The number of hydrogen-bond donors (Lipinski definition) is 0. The number of aryl methyl sites for hydroxylation is 2. The predicted molar refractivity (Wildman–Crippen MR) is 88.7 cm³/mol. The zero-order valence-corrected chi connectivity index (χ0v) is 14.3. The van der Waals surface area contributed by atoms with Gasteiger partial charge in [0.05, 0.1) is 43.0 Å². The molecule has 0 bridgehead atoms. The number of amides is 1. The van der Waals surface area contributed by atoms with E-state index < -0.39 is 0 Å². The Labute approximate surface area is 141 Å². The first kappa shape index (κ1) is 16.7. The van der Waals surface area contributed by atoms with Crippen molar-refractivity contribution in [3.8, 4) is 0 Å². The van der Waals surface area contributed by atoms with E-state index in [0.29, 0.717) is 18.7 Å². The summed E-state index contributed by atoms with van der Waals surface area (Å²) in [5.41, 5.74) is 2.55. The van der Waals surface area contributed by atoms with Crippen LogP contribution >= 0.6 is 0 Å². The molecule has 3 rings (SSSR count). The summed E-state index contributed by atoms with van der Waals surface area (Å²) in [6, 6.07) is 3.73. The van der Waals surface area contributed by atoms with Crippen molar-refractivity contribution < 1.29 is 13.9 Å². The number of furan rings is 1. The predicted octanol–water partition coefficient (Wildman–Crippen LogP) is 1.30. The van der Waals surface area contributed by atoms with Crippen LogP contribution in [0.1, 0.15) is 21.7 Å². The number of aromatic nitrogens is 2. The van der Waals surface area contributed by atoms with Crippen molar-refractivity contribution in [1.29, 1.82) is 0 Å². The Bertz CT molecular complexity index is 659. The first-order chi connectivity index (χ1) is 11.6. The number of morpholine rings is 1. The quantitative estimate of drug-likeness (QED) is 0.798. The standard InChI is InChI=1S/C17H24N4O3/c1-14-11-16(19(2)18-14)12-21(17(22)15-3-8-24-13-15)5-4-20-6-9-23-10-7-20/h3,8,11,13H,4-7,9-10,12H2,1-2H3. The summed E-state index contributed by atoms with van der Waals surface area (Å²) in [5, 5.41) is 4.37. The van der Waals surface area contributed by atoms with Gasteiger partial charge in [-0.15, -0.1) is 0 Å². The van der Waals surface area contributed by atoms with Gasteiger partial charge in [-0.2, -0.15) is 5.10 Å². The molecular weight excluding hydrogens is 308 g/mol. The van der Waals surface area contributed by atoms with E-state index in [2.05, 4.69) is 10.00 Å². The molecule has 1 aliphatic heterocycles. The number of carbonyl (C=O) groups is 1. The van der Waals surface area contributed by atoms with Crippen LogP contribution in [0.4, 0.5) is 0 Å². The molecule has 2 aromatic rings. The first-order valence-electron chi connectivity index (χ1n) is 8.24. The van der Waals surface area contributed by atoms with Crippen LogP contribution in [0.2, 0.25) is 0 Å². The highest BCUT2D eigenvalue weighted by Gasteiger charge is 2.20. The highest BCUT2D eigenvalue weighted by atomic mass is 16.5. The van der Waals surface area contributed by atoms with E-state index in [-0.39, 0.29) is 5.91 Å². The minimum Gasteiger partial charge on any atom is -0.472 e. The molecule has 130 valence electrons. The Morgan fingerprint density at radius 2 is 2.17 bits per heavy atom. The van der Waals surface area contributed by atoms with Gasteiger partial charge in [-0.25, -0.2) is 0 Å². The van der Waals surface area contributed by atoms with Gasteiger partial charge in [-0.1, -0.05) is 0 Å². The molecule has 1 saturated heterocycles. The van der Waals surface area contributed by atoms with Gasteiger partial charge >= 0.3 is 0 Å². The minimum atomic E-state index is -0.0177. The Morgan fingerprint density at radius 3 is 2.79 bits per heavy atom. The summed E-state index contributed by atoms with van der Waals surface area (Å²) in [6.07, 6.45) is 3.03. The van der Waals surface area contributed by atoms with Crippen molar-refractivity contribution in [3.63, 3.8) is 0 Å². The molecule has 7 heteroatoms. The normalized spacial score (nSPS) is 15.6. The van der Waals surface area contributed by atoms with Gasteiger partial charge in [0, 0.05) is 33.2 Å². The van der Waals surface area contributed by atoms with Crippen LogP contribution in [0.5, 0.6) is 0 Å². The van der Waals surface area contributed by atoms with Crippen molar-refractivity contribution in [2.75, 3.05) is 39.4 Å². The van der Waals surface area contributed by atoms with Crippen LogP contribution in [0.3, 0.4) is 0 Å². The number of carbonyl (C=O) groups excluding carboxylic acids is 1. The molecule has 2 aromatic heterocycles. The van der Waals surface area contributed by atoms with Crippen LogP contribution in [0.25, 0.3) is 0 Å². The molecule has 3 heterocycles. The summed E-state index contributed by atoms with van der Waals surface area (Å²) >= 11 is 0. The molecule has 0 aromatic carbocycles. The highest BCUT2D eigenvalue weighted by molar-refractivity contribution is 5.93. The summed E-state index contributed by atoms with van der Waals surface area (Å²) in [7, 11) is 1.91. The fraction of sp³-hybridized carbons (Fsp3) is 0.529. The van der Waals surface area contributed by atoms with Crippen molar-refractivity contribution >= 4 is 5.91 Å². The molecule has 0 saturated carbocycles. The van der Waals surface area contributed by atoms with E-state index in [1.807, 2.05) is 29.6 Å².